The summed E-state index contributed by atoms with van der Waals surface area (Å²) < 4.78 is 41.1. The molecule has 0 saturated carbocycles. The molecule has 2 aromatic carbocycles. The molecule has 0 amide bonds. The average molecular weight is 461 g/mol. The van der Waals surface area contributed by atoms with Gasteiger partial charge >= 0.3 is 0 Å². The average Bonchev–Trinajstić information content (AvgIpc) is 2.77. The van der Waals surface area contributed by atoms with Gasteiger partial charge in [0.05, 0.1) is 10.6 Å². The van der Waals surface area contributed by atoms with Crippen molar-refractivity contribution in [1.82, 2.24) is 14.3 Å². The molecule has 6 nitrogen and oxygen atoms in total. The van der Waals surface area contributed by atoms with Crippen molar-refractivity contribution in [3.63, 3.8) is 0 Å². The zero-order chi connectivity index (χ0) is 22.2. The van der Waals surface area contributed by atoms with E-state index in [9.17, 15) is 12.8 Å². The Morgan fingerprint density at radius 2 is 1.61 bits per heavy atom. The molecule has 4 rings (SSSR count). The minimum atomic E-state index is -3.61. The number of benzene rings is 2. The third-order valence-electron chi connectivity index (χ3n) is 5.43. The number of hydrogen-bond acceptors (Lipinski definition) is 5. The van der Waals surface area contributed by atoms with Crippen LogP contribution in [0.1, 0.15) is 11.1 Å². The number of nitrogens with zero attached hydrogens (tertiary/aromatic N) is 4. The van der Waals surface area contributed by atoms with Gasteiger partial charge in [-0.25, -0.2) is 22.8 Å². The van der Waals surface area contributed by atoms with E-state index in [1.165, 1.54) is 22.8 Å². The summed E-state index contributed by atoms with van der Waals surface area (Å²) in [6.45, 7) is 5.26. The molecule has 0 N–H and O–H groups in total. The number of aryl methyl sites for hydroxylation is 2. The van der Waals surface area contributed by atoms with Gasteiger partial charge in [-0.1, -0.05) is 11.6 Å². The lowest BCUT2D eigenvalue weighted by atomic mass is 10.1. The van der Waals surface area contributed by atoms with Crippen molar-refractivity contribution in [2.24, 2.45) is 0 Å². The standard InChI is InChI=1S/C22H22ClFN4O2S/c1-15-12-21(16(2)11-19(15)23)31(29,30)28-9-7-27(8-10-28)22-13-20(25-14-26-22)17-3-5-18(24)6-4-17/h3-6,11-14H,7-10H2,1-2H3. The molecule has 1 aromatic heterocycles. The summed E-state index contributed by atoms with van der Waals surface area (Å²) in [6.07, 6.45) is 1.47. The first-order valence-electron chi connectivity index (χ1n) is 9.85. The van der Waals surface area contributed by atoms with Gasteiger partial charge in [0.25, 0.3) is 0 Å². The number of piperazine rings is 1. The van der Waals surface area contributed by atoms with E-state index in [4.69, 9.17) is 11.6 Å². The molecule has 2 heterocycles. The Morgan fingerprint density at radius 1 is 0.935 bits per heavy atom. The predicted molar refractivity (Wildman–Crippen MR) is 119 cm³/mol. The second-order valence-electron chi connectivity index (χ2n) is 7.53. The fourth-order valence-electron chi connectivity index (χ4n) is 3.63. The maximum absolute atomic E-state index is 13.2. The summed E-state index contributed by atoms with van der Waals surface area (Å²) in [7, 11) is -3.61. The molecule has 9 heteroatoms. The molecule has 1 fully saturated rings. The maximum Gasteiger partial charge on any atom is 0.243 e. The monoisotopic (exact) mass is 460 g/mol. The van der Waals surface area contributed by atoms with Gasteiger partial charge in [0.2, 0.25) is 10.0 Å². The number of rotatable bonds is 4. The summed E-state index contributed by atoms with van der Waals surface area (Å²) in [6, 6.07) is 11.3. The van der Waals surface area contributed by atoms with Crippen LogP contribution in [-0.2, 0) is 10.0 Å². The van der Waals surface area contributed by atoms with E-state index in [0.29, 0.717) is 53.2 Å². The first-order chi connectivity index (χ1) is 14.8. The molecule has 1 aliphatic rings. The second-order valence-corrected chi connectivity index (χ2v) is 9.84. The van der Waals surface area contributed by atoms with Gasteiger partial charge in [-0.3, -0.25) is 0 Å². The van der Waals surface area contributed by atoms with E-state index in [1.807, 2.05) is 11.0 Å². The Hall–Kier alpha value is -2.55. The number of anilines is 1. The summed E-state index contributed by atoms with van der Waals surface area (Å²) in [5, 5.41) is 0.557. The maximum atomic E-state index is 13.2. The number of halogens is 2. The molecule has 0 bridgehead atoms. The van der Waals surface area contributed by atoms with E-state index >= 15 is 0 Å². The van der Waals surface area contributed by atoms with Crippen LogP contribution in [-0.4, -0.2) is 48.9 Å². The lowest BCUT2D eigenvalue weighted by Crippen LogP contribution is -2.49. The van der Waals surface area contributed by atoms with Crippen molar-refractivity contribution in [3.8, 4) is 11.3 Å². The fraction of sp³-hybridized carbons (Fsp3) is 0.273. The topological polar surface area (TPSA) is 66.4 Å². The van der Waals surface area contributed by atoms with Crippen LogP contribution in [0, 0.1) is 19.7 Å². The number of aromatic nitrogens is 2. The van der Waals surface area contributed by atoms with Gasteiger partial charge in [-0.15, -0.1) is 0 Å². The summed E-state index contributed by atoms with van der Waals surface area (Å²) >= 11 is 6.13. The Morgan fingerprint density at radius 3 is 2.29 bits per heavy atom. The van der Waals surface area contributed by atoms with Crippen molar-refractivity contribution < 1.29 is 12.8 Å². The van der Waals surface area contributed by atoms with Gasteiger partial charge in [0, 0.05) is 42.8 Å². The highest BCUT2D eigenvalue weighted by Crippen LogP contribution is 2.28. The molecule has 3 aromatic rings. The van der Waals surface area contributed by atoms with E-state index in [-0.39, 0.29) is 5.82 Å². The Bertz CT molecular complexity index is 1210. The normalized spacial score (nSPS) is 15.3. The fourth-order valence-corrected chi connectivity index (χ4v) is 5.56. The smallest absolute Gasteiger partial charge is 0.243 e. The van der Waals surface area contributed by atoms with E-state index in [2.05, 4.69) is 9.97 Å². The summed E-state index contributed by atoms with van der Waals surface area (Å²) in [5.74, 6) is 0.409. The van der Waals surface area contributed by atoms with E-state index in [0.717, 1.165) is 11.1 Å². The van der Waals surface area contributed by atoms with Gasteiger partial charge in [0.15, 0.2) is 0 Å². The molecule has 0 unspecified atom stereocenters. The molecule has 0 spiro atoms. The predicted octanol–water partition coefficient (Wildman–Crippen LogP) is 4.06. The summed E-state index contributed by atoms with van der Waals surface area (Å²) in [4.78, 5) is 10.9. The summed E-state index contributed by atoms with van der Waals surface area (Å²) in [5.41, 5.74) is 2.85. The van der Waals surface area contributed by atoms with Crippen LogP contribution in [0.25, 0.3) is 11.3 Å². The van der Waals surface area contributed by atoms with Crippen LogP contribution in [0.3, 0.4) is 0 Å². The minimum absolute atomic E-state index is 0.295. The van der Waals surface area contributed by atoms with Crippen LogP contribution in [0.15, 0.2) is 53.7 Å². The van der Waals surface area contributed by atoms with Crippen LogP contribution in [0.2, 0.25) is 5.02 Å². The van der Waals surface area contributed by atoms with Crippen molar-refractivity contribution >= 4 is 27.4 Å². The number of hydrogen-bond donors (Lipinski definition) is 0. The highest BCUT2D eigenvalue weighted by Gasteiger charge is 2.30. The largest absolute Gasteiger partial charge is 0.354 e. The highest BCUT2D eigenvalue weighted by molar-refractivity contribution is 7.89. The van der Waals surface area contributed by atoms with Crippen molar-refractivity contribution in [1.29, 1.82) is 0 Å². The van der Waals surface area contributed by atoms with Crippen LogP contribution in [0.5, 0.6) is 0 Å². The Labute approximate surface area is 186 Å². The van der Waals surface area contributed by atoms with Gasteiger partial charge in [-0.05, 0) is 61.4 Å². The van der Waals surface area contributed by atoms with Gasteiger partial charge < -0.3 is 4.90 Å². The Kier molecular flexibility index (Phi) is 5.96. The van der Waals surface area contributed by atoms with E-state index < -0.39 is 10.0 Å². The van der Waals surface area contributed by atoms with Crippen LogP contribution < -0.4 is 4.90 Å². The molecular weight excluding hydrogens is 439 g/mol. The van der Waals surface area contributed by atoms with Crippen molar-refractivity contribution in [2.45, 2.75) is 18.7 Å². The SMILES string of the molecule is Cc1cc(S(=O)(=O)N2CCN(c3cc(-c4ccc(F)cc4)ncn3)CC2)c(C)cc1Cl. The second kappa shape index (κ2) is 8.53. The van der Waals surface area contributed by atoms with Gasteiger partial charge in [-0.2, -0.15) is 4.31 Å². The highest BCUT2D eigenvalue weighted by atomic mass is 35.5. The zero-order valence-corrected chi connectivity index (χ0v) is 18.8. The van der Waals surface area contributed by atoms with Crippen LogP contribution >= 0.6 is 11.6 Å². The molecule has 0 atom stereocenters. The third-order valence-corrected chi connectivity index (χ3v) is 7.88. The molecule has 1 aliphatic heterocycles. The lowest BCUT2D eigenvalue weighted by Gasteiger charge is -2.35. The molecule has 162 valence electrons. The molecular formula is C22H22ClFN4O2S. The Balaban J connectivity index is 1.51. The van der Waals surface area contributed by atoms with Crippen molar-refractivity contribution in [2.75, 3.05) is 31.1 Å². The molecule has 1 saturated heterocycles. The minimum Gasteiger partial charge on any atom is -0.354 e. The molecule has 0 aliphatic carbocycles. The zero-order valence-electron chi connectivity index (χ0n) is 17.2. The molecule has 31 heavy (non-hydrogen) atoms. The quantitative estimate of drug-likeness (QED) is 0.587. The third kappa shape index (κ3) is 4.42. The number of sulfonamides is 1. The molecule has 0 radical (unpaired) electrons. The van der Waals surface area contributed by atoms with Gasteiger partial charge in [0.1, 0.15) is 18.0 Å². The van der Waals surface area contributed by atoms with E-state index in [1.54, 1.807) is 38.1 Å². The first kappa shape index (κ1) is 21.7. The van der Waals surface area contributed by atoms with Crippen LogP contribution in [0.4, 0.5) is 10.2 Å². The first-order valence-corrected chi connectivity index (χ1v) is 11.7. The van der Waals surface area contributed by atoms with Crippen molar-refractivity contribution in [3.05, 3.63) is 70.8 Å². The lowest BCUT2D eigenvalue weighted by molar-refractivity contribution is 0.383.